The number of nitrogens with zero attached hydrogens (tertiary/aromatic N) is 1. The van der Waals surface area contributed by atoms with Crippen LogP contribution < -0.4 is 10.6 Å². The fourth-order valence-electron chi connectivity index (χ4n) is 2.53. The minimum absolute atomic E-state index is 0.0541. The molecule has 1 atom stereocenters. The third kappa shape index (κ3) is 3.95. The van der Waals surface area contributed by atoms with Crippen LogP contribution in [0.25, 0.3) is 0 Å². The van der Waals surface area contributed by atoms with Gasteiger partial charge in [0.05, 0.1) is 12.2 Å². The van der Waals surface area contributed by atoms with Crippen LogP contribution in [0.3, 0.4) is 0 Å². The van der Waals surface area contributed by atoms with Crippen molar-refractivity contribution in [2.75, 3.05) is 24.6 Å². The van der Waals surface area contributed by atoms with Gasteiger partial charge in [-0.15, -0.1) is 0 Å². The summed E-state index contributed by atoms with van der Waals surface area (Å²) in [6.07, 6.45) is 1.99. The van der Waals surface area contributed by atoms with Gasteiger partial charge in [0.15, 0.2) is 0 Å². The molecule has 0 radical (unpaired) electrons. The Morgan fingerprint density at radius 2 is 2.00 bits per heavy atom. The van der Waals surface area contributed by atoms with E-state index in [4.69, 9.17) is 10.5 Å². The Hall–Kier alpha value is -1.06. The summed E-state index contributed by atoms with van der Waals surface area (Å²) in [7, 11) is 0. The largest absolute Gasteiger partial charge is 0.372 e. The molecule has 19 heavy (non-hydrogen) atoms. The Morgan fingerprint density at radius 1 is 1.32 bits per heavy atom. The van der Waals surface area contributed by atoms with E-state index in [1.165, 1.54) is 11.3 Å². The standard InChI is InChI=1S/C16H26N2O/c1-4-14(17)11-13-5-7-15(8-6-13)18-9-10-19-16(2,3)12-18/h5-8,14H,4,9-12,17H2,1-3H3. The Kier molecular flexibility index (Phi) is 4.48. The molecule has 1 fully saturated rings. The molecule has 1 aliphatic heterocycles. The lowest BCUT2D eigenvalue weighted by Crippen LogP contribution is -2.48. The number of benzene rings is 1. The van der Waals surface area contributed by atoms with Gasteiger partial charge in [-0.1, -0.05) is 19.1 Å². The molecule has 1 heterocycles. The van der Waals surface area contributed by atoms with Crippen molar-refractivity contribution in [1.29, 1.82) is 0 Å². The monoisotopic (exact) mass is 262 g/mol. The minimum atomic E-state index is -0.0541. The predicted molar refractivity (Wildman–Crippen MR) is 80.7 cm³/mol. The minimum Gasteiger partial charge on any atom is -0.372 e. The van der Waals surface area contributed by atoms with Crippen LogP contribution in [0, 0.1) is 0 Å². The summed E-state index contributed by atoms with van der Waals surface area (Å²) in [5, 5.41) is 0. The van der Waals surface area contributed by atoms with Crippen LogP contribution >= 0.6 is 0 Å². The molecule has 0 aromatic heterocycles. The van der Waals surface area contributed by atoms with Crippen LogP contribution in [0.2, 0.25) is 0 Å². The molecular weight excluding hydrogens is 236 g/mol. The van der Waals surface area contributed by atoms with Crippen LogP contribution in [-0.4, -0.2) is 31.3 Å². The highest BCUT2D eigenvalue weighted by Crippen LogP contribution is 2.23. The number of hydrogen-bond donors (Lipinski definition) is 1. The quantitative estimate of drug-likeness (QED) is 0.906. The highest BCUT2D eigenvalue weighted by atomic mass is 16.5. The zero-order valence-electron chi connectivity index (χ0n) is 12.4. The maximum atomic E-state index is 5.99. The first-order chi connectivity index (χ1) is 9.00. The molecule has 1 aromatic rings. The van der Waals surface area contributed by atoms with E-state index in [0.29, 0.717) is 0 Å². The average Bonchev–Trinajstić information content (AvgIpc) is 2.38. The second-order valence-corrected chi connectivity index (χ2v) is 6.07. The molecule has 2 N–H and O–H groups in total. The summed E-state index contributed by atoms with van der Waals surface area (Å²) in [5.74, 6) is 0. The lowest BCUT2D eigenvalue weighted by atomic mass is 10.0. The Balaban J connectivity index is 2.02. The molecule has 1 unspecified atom stereocenters. The summed E-state index contributed by atoms with van der Waals surface area (Å²) in [5.41, 5.74) is 8.55. The Morgan fingerprint density at radius 3 is 2.58 bits per heavy atom. The molecule has 3 nitrogen and oxygen atoms in total. The highest BCUT2D eigenvalue weighted by molar-refractivity contribution is 5.48. The second kappa shape index (κ2) is 5.93. The molecule has 1 aliphatic rings. The van der Waals surface area contributed by atoms with Crippen LogP contribution in [0.4, 0.5) is 5.69 Å². The maximum absolute atomic E-state index is 5.99. The van der Waals surface area contributed by atoms with Crippen LogP contribution in [0.5, 0.6) is 0 Å². The first kappa shape index (κ1) is 14.4. The SMILES string of the molecule is CCC(N)Cc1ccc(N2CCOC(C)(C)C2)cc1. The van der Waals surface area contributed by atoms with Gasteiger partial charge in [0.25, 0.3) is 0 Å². The Bertz CT molecular complexity index is 400. The summed E-state index contributed by atoms with van der Waals surface area (Å²) in [6.45, 7) is 9.14. The molecular formula is C16H26N2O. The molecule has 0 saturated carbocycles. The molecule has 106 valence electrons. The van der Waals surface area contributed by atoms with E-state index in [1.54, 1.807) is 0 Å². The molecule has 0 spiro atoms. The predicted octanol–water partition coefficient (Wildman–Crippen LogP) is 2.58. The second-order valence-electron chi connectivity index (χ2n) is 6.07. The van der Waals surface area contributed by atoms with Crippen LogP contribution in [0.15, 0.2) is 24.3 Å². The lowest BCUT2D eigenvalue weighted by Gasteiger charge is -2.39. The van der Waals surface area contributed by atoms with E-state index in [1.807, 2.05) is 0 Å². The number of anilines is 1. The lowest BCUT2D eigenvalue weighted by molar-refractivity contribution is -0.0276. The third-order valence-corrected chi connectivity index (χ3v) is 3.75. The first-order valence-electron chi connectivity index (χ1n) is 7.23. The van der Waals surface area contributed by atoms with Crippen molar-refractivity contribution < 1.29 is 4.74 Å². The van der Waals surface area contributed by atoms with E-state index >= 15 is 0 Å². The van der Waals surface area contributed by atoms with Gasteiger partial charge in [-0.3, -0.25) is 0 Å². The van der Waals surface area contributed by atoms with E-state index in [-0.39, 0.29) is 11.6 Å². The fraction of sp³-hybridized carbons (Fsp3) is 0.625. The van der Waals surface area contributed by atoms with Crippen LogP contribution in [0.1, 0.15) is 32.8 Å². The Labute approximate surface area is 116 Å². The summed E-state index contributed by atoms with van der Waals surface area (Å²) in [6, 6.07) is 9.09. The third-order valence-electron chi connectivity index (χ3n) is 3.75. The fourth-order valence-corrected chi connectivity index (χ4v) is 2.53. The van der Waals surface area contributed by atoms with Crippen molar-refractivity contribution in [3.63, 3.8) is 0 Å². The van der Waals surface area contributed by atoms with Crippen molar-refractivity contribution in [3.05, 3.63) is 29.8 Å². The van der Waals surface area contributed by atoms with E-state index in [9.17, 15) is 0 Å². The van der Waals surface area contributed by atoms with E-state index in [0.717, 1.165) is 32.5 Å². The van der Waals surface area contributed by atoms with Crippen LogP contribution in [-0.2, 0) is 11.2 Å². The average molecular weight is 262 g/mol. The van der Waals surface area contributed by atoms with Gasteiger partial charge < -0.3 is 15.4 Å². The summed E-state index contributed by atoms with van der Waals surface area (Å²) >= 11 is 0. The van der Waals surface area contributed by atoms with Crippen molar-refractivity contribution >= 4 is 5.69 Å². The van der Waals surface area contributed by atoms with Crippen molar-refractivity contribution in [2.24, 2.45) is 5.73 Å². The summed E-state index contributed by atoms with van der Waals surface area (Å²) in [4.78, 5) is 2.40. The van der Waals surface area contributed by atoms with Gasteiger partial charge in [0.2, 0.25) is 0 Å². The normalized spacial score (nSPS) is 20.3. The molecule has 1 saturated heterocycles. The first-order valence-corrected chi connectivity index (χ1v) is 7.23. The van der Waals surface area contributed by atoms with Gasteiger partial charge in [0.1, 0.15) is 0 Å². The highest BCUT2D eigenvalue weighted by Gasteiger charge is 2.27. The van der Waals surface area contributed by atoms with E-state index < -0.39 is 0 Å². The number of ether oxygens (including phenoxy) is 1. The number of morpholine rings is 1. The zero-order valence-corrected chi connectivity index (χ0v) is 12.4. The number of rotatable bonds is 4. The van der Waals surface area contributed by atoms with Gasteiger partial charge >= 0.3 is 0 Å². The smallest absolute Gasteiger partial charge is 0.0801 e. The maximum Gasteiger partial charge on any atom is 0.0801 e. The molecule has 0 bridgehead atoms. The van der Waals surface area contributed by atoms with Gasteiger partial charge in [-0.25, -0.2) is 0 Å². The van der Waals surface area contributed by atoms with Gasteiger partial charge in [-0.2, -0.15) is 0 Å². The number of hydrogen-bond acceptors (Lipinski definition) is 3. The van der Waals surface area contributed by atoms with Gasteiger partial charge in [0, 0.05) is 24.8 Å². The summed E-state index contributed by atoms with van der Waals surface area (Å²) < 4.78 is 5.75. The topological polar surface area (TPSA) is 38.5 Å². The zero-order chi connectivity index (χ0) is 13.9. The van der Waals surface area contributed by atoms with Crippen molar-refractivity contribution in [1.82, 2.24) is 0 Å². The molecule has 0 amide bonds. The molecule has 0 aliphatic carbocycles. The van der Waals surface area contributed by atoms with Gasteiger partial charge in [-0.05, 0) is 44.4 Å². The number of nitrogens with two attached hydrogens (primary N) is 1. The van der Waals surface area contributed by atoms with E-state index in [2.05, 4.69) is 49.9 Å². The molecule has 1 aromatic carbocycles. The molecule has 3 heteroatoms. The van der Waals surface area contributed by atoms with Crippen molar-refractivity contribution in [2.45, 2.75) is 45.3 Å². The van der Waals surface area contributed by atoms with Crippen molar-refractivity contribution in [3.8, 4) is 0 Å². The molecule has 2 rings (SSSR count).